The number of benzene rings is 1. The second kappa shape index (κ2) is 3.42. The number of hydrogen-bond acceptors (Lipinski definition) is 4. The minimum absolute atomic E-state index is 0.000674. The number of nitrogens with zero attached hydrogens (tertiary/aromatic N) is 1. The van der Waals surface area contributed by atoms with E-state index in [1.165, 1.54) is 12.1 Å². The molecule has 2 rings (SSSR count). The Morgan fingerprint density at radius 3 is 2.93 bits per heavy atom. The Bertz CT molecular complexity index is 381. The van der Waals surface area contributed by atoms with Gasteiger partial charge in [0, 0.05) is 5.69 Å². The summed E-state index contributed by atoms with van der Waals surface area (Å²) in [4.78, 5) is 11.0. The average Bonchev–Trinajstić information content (AvgIpc) is 2.57. The van der Waals surface area contributed by atoms with E-state index in [2.05, 4.69) is 4.72 Å². The summed E-state index contributed by atoms with van der Waals surface area (Å²) in [7, 11) is 0. The standard InChI is InChI=1S/C9H10N2O2S/c1-6-4-7(2-3-8(6)12)11-5-9(13)10-14-11/h2-4,12H,5H2,1H3,(H,10,13). The Hall–Kier alpha value is -1.36. The molecule has 14 heavy (non-hydrogen) atoms. The normalized spacial score (nSPS) is 15.8. The molecule has 1 aromatic carbocycles. The lowest BCUT2D eigenvalue weighted by molar-refractivity contribution is -0.117. The monoisotopic (exact) mass is 210 g/mol. The maximum Gasteiger partial charge on any atom is 0.251 e. The smallest absolute Gasteiger partial charge is 0.251 e. The molecule has 1 aromatic rings. The van der Waals surface area contributed by atoms with Gasteiger partial charge in [-0.05, 0) is 30.7 Å². The van der Waals surface area contributed by atoms with Gasteiger partial charge in [-0.3, -0.25) is 13.8 Å². The summed E-state index contributed by atoms with van der Waals surface area (Å²) in [5.41, 5.74) is 1.73. The molecule has 1 heterocycles. The first-order valence-corrected chi connectivity index (χ1v) is 4.97. The molecule has 0 spiro atoms. The molecule has 5 heteroatoms. The number of phenolic OH excluding ortho intramolecular Hbond substituents is 1. The highest BCUT2D eigenvalue weighted by molar-refractivity contribution is 7.99. The summed E-state index contributed by atoms with van der Waals surface area (Å²) < 4.78 is 4.49. The van der Waals surface area contributed by atoms with Crippen molar-refractivity contribution in [3.05, 3.63) is 23.8 Å². The third-order valence-corrected chi connectivity index (χ3v) is 2.90. The van der Waals surface area contributed by atoms with E-state index in [1.54, 1.807) is 12.1 Å². The zero-order chi connectivity index (χ0) is 10.1. The summed E-state index contributed by atoms with van der Waals surface area (Å²) in [6, 6.07) is 5.27. The minimum atomic E-state index is 0.000674. The van der Waals surface area contributed by atoms with Crippen molar-refractivity contribution in [1.82, 2.24) is 4.72 Å². The zero-order valence-electron chi connectivity index (χ0n) is 7.65. The fourth-order valence-electron chi connectivity index (χ4n) is 1.24. The fourth-order valence-corrected chi connectivity index (χ4v) is 1.92. The quantitative estimate of drug-likeness (QED) is 0.684. The van der Waals surface area contributed by atoms with E-state index in [4.69, 9.17) is 0 Å². The molecule has 0 aliphatic carbocycles. The Kier molecular flexibility index (Phi) is 2.25. The summed E-state index contributed by atoms with van der Waals surface area (Å²) in [6.45, 7) is 2.18. The number of amides is 1. The summed E-state index contributed by atoms with van der Waals surface area (Å²) in [6.07, 6.45) is 0. The number of rotatable bonds is 1. The van der Waals surface area contributed by atoms with Gasteiger partial charge in [-0.15, -0.1) is 0 Å². The molecule has 1 aliphatic rings. The van der Waals surface area contributed by atoms with E-state index in [9.17, 15) is 9.90 Å². The van der Waals surface area contributed by atoms with Crippen LogP contribution in [0.25, 0.3) is 0 Å². The highest BCUT2D eigenvalue weighted by atomic mass is 32.2. The van der Waals surface area contributed by atoms with Crippen LogP contribution in [0.5, 0.6) is 5.75 Å². The number of hydrogen-bond donors (Lipinski definition) is 2. The molecule has 1 saturated heterocycles. The number of aryl methyl sites for hydroxylation is 1. The molecule has 0 radical (unpaired) electrons. The van der Waals surface area contributed by atoms with E-state index < -0.39 is 0 Å². The number of phenols is 1. The van der Waals surface area contributed by atoms with Crippen molar-refractivity contribution in [2.45, 2.75) is 6.92 Å². The number of aromatic hydroxyl groups is 1. The zero-order valence-corrected chi connectivity index (χ0v) is 8.47. The lowest BCUT2D eigenvalue weighted by atomic mass is 10.2. The van der Waals surface area contributed by atoms with Crippen molar-refractivity contribution < 1.29 is 9.90 Å². The van der Waals surface area contributed by atoms with E-state index in [0.29, 0.717) is 6.54 Å². The van der Waals surface area contributed by atoms with Gasteiger partial charge in [-0.25, -0.2) is 0 Å². The van der Waals surface area contributed by atoms with Crippen molar-refractivity contribution >= 4 is 23.7 Å². The van der Waals surface area contributed by atoms with Crippen molar-refractivity contribution in [2.24, 2.45) is 0 Å². The van der Waals surface area contributed by atoms with Crippen LogP contribution < -0.4 is 9.03 Å². The Balaban J connectivity index is 2.24. The predicted octanol–water partition coefficient (Wildman–Crippen LogP) is 1.20. The van der Waals surface area contributed by atoms with Crippen LogP contribution in [0.15, 0.2) is 18.2 Å². The lowest BCUT2D eigenvalue weighted by Crippen LogP contribution is -2.15. The van der Waals surface area contributed by atoms with Crippen LogP contribution in [0.4, 0.5) is 5.69 Å². The van der Waals surface area contributed by atoms with Gasteiger partial charge in [-0.1, -0.05) is 0 Å². The third-order valence-electron chi connectivity index (χ3n) is 2.03. The van der Waals surface area contributed by atoms with E-state index in [1.807, 2.05) is 17.3 Å². The average molecular weight is 210 g/mol. The van der Waals surface area contributed by atoms with Gasteiger partial charge in [0.25, 0.3) is 5.91 Å². The maximum atomic E-state index is 11.0. The Morgan fingerprint density at radius 2 is 2.36 bits per heavy atom. The summed E-state index contributed by atoms with van der Waals surface area (Å²) in [5.74, 6) is 0.276. The van der Waals surface area contributed by atoms with Crippen LogP contribution in [0, 0.1) is 6.92 Å². The molecule has 0 aromatic heterocycles. The van der Waals surface area contributed by atoms with Crippen LogP contribution in [0.3, 0.4) is 0 Å². The van der Waals surface area contributed by atoms with Crippen molar-refractivity contribution in [3.63, 3.8) is 0 Å². The van der Waals surface area contributed by atoms with Crippen LogP contribution >= 0.6 is 12.1 Å². The first-order valence-electron chi connectivity index (χ1n) is 4.20. The van der Waals surface area contributed by atoms with E-state index in [-0.39, 0.29) is 11.7 Å². The molecule has 1 amide bonds. The van der Waals surface area contributed by atoms with E-state index >= 15 is 0 Å². The Labute approximate surface area is 86.2 Å². The first-order chi connectivity index (χ1) is 6.66. The SMILES string of the molecule is Cc1cc(N2CC(=O)NS2)ccc1O. The van der Waals surface area contributed by atoms with E-state index in [0.717, 1.165) is 11.3 Å². The van der Waals surface area contributed by atoms with Gasteiger partial charge in [0.2, 0.25) is 0 Å². The highest BCUT2D eigenvalue weighted by Crippen LogP contribution is 2.28. The van der Waals surface area contributed by atoms with Crippen LogP contribution in [0.2, 0.25) is 0 Å². The highest BCUT2D eigenvalue weighted by Gasteiger charge is 2.20. The van der Waals surface area contributed by atoms with Gasteiger partial charge in [0.1, 0.15) is 12.3 Å². The van der Waals surface area contributed by atoms with Crippen molar-refractivity contribution in [1.29, 1.82) is 0 Å². The van der Waals surface area contributed by atoms with Gasteiger partial charge < -0.3 is 5.11 Å². The Morgan fingerprint density at radius 1 is 1.57 bits per heavy atom. The number of nitrogens with one attached hydrogen (secondary N) is 1. The third kappa shape index (κ3) is 1.63. The number of carbonyl (C=O) groups is 1. The molecule has 0 bridgehead atoms. The topological polar surface area (TPSA) is 52.6 Å². The molecule has 0 unspecified atom stereocenters. The molecule has 2 N–H and O–H groups in total. The first kappa shape index (κ1) is 9.21. The molecule has 0 saturated carbocycles. The molecule has 74 valence electrons. The summed E-state index contributed by atoms with van der Waals surface area (Å²) >= 11 is 1.27. The van der Waals surface area contributed by atoms with Crippen LogP contribution in [0.1, 0.15) is 5.56 Å². The van der Waals surface area contributed by atoms with Gasteiger partial charge in [-0.2, -0.15) is 0 Å². The van der Waals surface area contributed by atoms with Gasteiger partial charge in [0.15, 0.2) is 0 Å². The second-order valence-electron chi connectivity index (χ2n) is 3.12. The molecule has 4 nitrogen and oxygen atoms in total. The van der Waals surface area contributed by atoms with Crippen molar-refractivity contribution in [3.8, 4) is 5.75 Å². The summed E-state index contributed by atoms with van der Waals surface area (Å²) in [5, 5.41) is 9.33. The largest absolute Gasteiger partial charge is 0.508 e. The lowest BCUT2D eigenvalue weighted by Gasteiger charge is -2.13. The predicted molar refractivity (Wildman–Crippen MR) is 55.9 cm³/mol. The van der Waals surface area contributed by atoms with Crippen LogP contribution in [-0.2, 0) is 4.79 Å². The molecule has 1 aliphatic heterocycles. The number of anilines is 1. The molecule has 0 atom stereocenters. The second-order valence-corrected chi connectivity index (χ2v) is 3.95. The molecular weight excluding hydrogens is 200 g/mol. The van der Waals surface area contributed by atoms with Crippen LogP contribution in [-0.4, -0.2) is 17.6 Å². The van der Waals surface area contributed by atoms with Gasteiger partial charge >= 0.3 is 0 Å². The van der Waals surface area contributed by atoms with Crippen molar-refractivity contribution in [2.75, 3.05) is 10.8 Å². The fraction of sp³-hybridized carbons (Fsp3) is 0.222. The molecular formula is C9H10N2O2S. The minimum Gasteiger partial charge on any atom is -0.508 e. The van der Waals surface area contributed by atoms with Gasteiger partial charge in [0.05, 0.1) is 12.1 Å². The molecule has 1 fully saturated rings. The number of carbonyl (C=O) groups excluding carboxylic acids is 1. The maximum absolute atomic E-state index is 11.0.